The van der Waals surface area contributed by atoms with E-state index in [1.165, 1.54) is 6.92 Å². The smallest absolute Gasteiger partial charge is 0.251 e. The van der Waals surface area contributed by atoms with E-state index < -0.39 is 0 Å². The molecule has 0 bridgehead atoms. The average molecular weight is 293 g/mol. The number of rotatable bonds is 7. The number of carbonyl (C=O) groups excluding carboxylic acids is 2. The molecule has 1 aromatic rings. The summed E-state index contributed by atoms with van der Waals surface area (Å²) in [6.45, 7) is 2.55. The van der Waals surface area contributed by atoms with Crippen LogP contribution in [0.25, 0.3) is 0 Å². The number of benzene rings is 1. The van der Waals surface area contributed by atoms with Crippen LogP contribution in [0.1, 0.15) is 29.3 Å². The number of carbonyl (C=O) groups is 2. The molecule has 0 atom stereocenters. The molecule has 1 aromatic carbocycles. The zero-order valence-corrected chi connectivity index (χ0v) is 12.3. The van der Waals surface area contributed by atoms with Crippen molar-refractivity contribution in [3.63, 3.8) is 0 Å². The molecule has 0 saturated heterocycles. The van der Waals surface area contributed by atoms with Crippen LogP contribution in [-0.4, -0.2) is 29.9 Å². The van der Waals surface area contributed by atoms with Crippen LogP contribution in [0.15, 0.2) is 24.3 Å². The van der Waals surface area contributed by atoms with Crippen LogP contribution in [0, 0.1) is 0 Å². The molecule has 1 rings (SSSR count). The van der Waals surface area contributed by atoms with Gasteiger partial charge in [-0.3, -0.25) is 9.59 Å². The minimum absolute atomic E-state index is 0.0651. The van der Waals surface area contributed by atoms with E-state index in [2.05, 4.69) is 10.6 Å². The Morgan fingerprint density at radius 2 is 1.75 bits per heavy atom. The minimum atomic E-state index is -0.130. The van der Waals surface area contributed by atoms with Crippen molar-refractivity contribution in [2.75, 3.05) is 13.1 Å². The second-order valence-corrected chi connectivity index (χ2v) is 4.96. The highest BCUT2D eigenvalue weighted by atomic mass is 32.1. The van der Waals surface area contributed by atoms with E-state index in [9.17, 15) is 9.59 Å². The number of nitrogens with two attached hydrogens (primary N) is 1. The monoisotopic (exact) mass is 293 g/mol. The third-order valence-electron chi connectivity index (χ3n) is 2.61. The highest BCUT2D eigenvalue weighted by Gasteiger charge is 2.04. The fourth-order valence-corrected chi connectivity index (χ4v) is 1.80. The second kappa shape index (κ2) is 8.27. The van der Waals surface area contributed by atoms with Crippen molar-refractivity contribution in [1.82, 2.24) is 10.6 Å². The largest absolute Gasteiger partial charge is 0.393 e. The average Bonchev–Trinajstić information content (AvgIpc) is 2.38. The summed E-state index contributed by atoms with van der Waals surface area (Å²) in [7, 11) is 0. The van der Waals surface area contributed by atoms with Crippen molar-refractivity contribution >= 4 is 29.0 Å². The standard InChI is InChI=1S/C14H19N3O2S/c1-10(18)16-7-2-8-17-14(19)12-5-3-11(4-6-12)9-13(15)20/h3-6H,2,7-9H2,1H3,(H2,15,20)(H,16,18)(H,17,19). The SMILES string of the molecule is CC(=O)NCCCNC(=O)c1ccc(CC(N)=S)cc1. The van der Waals surface area contributed by atoms with Crippen molar-refractivity contribution in [2.45, 2.75) is 19.8 Å². The molecule has 6 heteroatoms. The van der Waals surface area contributed by atoms with Crippen LogP contribution in [-0.2, 0) is 11.2 Å². The molecule has 0 heterocycles. The van der Waals surface area contributed by atoms with Gasteiger partial charge in [0.25, 0.3) is 5.91 Å². The summed E-state index contributed by atoms with van der Waals surface area (Å²) in [6.07, 6.45) is 1.23. The Labute approximate surface area is 123 Å². The predicted molar refractivity (Wildman–Crippen MR) is 82.6 cm³/mol. The van der Waals surface area contributed by atoms with Gasteiger partial charge in [-0.25, -0.2) is 0 Å². The van der Waals surface area contributed by atoms with Crippen LogP contribution < -0.4 is 16.4 Å². The van der Waals surface area contributed by atoms with Gasteiger partial charge in [0.05, 0.1) is 4.99 Å². The quantitative estimate of drug-likeness (QED) is 0.512. The van der Waals surface area contributed by atoms with Crippen molar-refractivity contribution in [2.24, 2.45) is 5.73 Å². The van der Waals surface area contributed by atoms with Gasteiger partial charge < -0.3 is 16.4 Å². The van der Waals surface area contributed by atoms with Gasteiger partial charge in [-0.15, -0.1) is 0 Å². The van der Waals surface area contributed by atoms with Gasteiger partial charge in [-0.1, -0.05) is 24.4 Å². The molecule has 0 fully saturated rings. The number of nitrogens with one attached hydrogen (secondary N) is 2. The summed E-state index contributed by atoms with van der Waals surface area (Å²) < 4.78 is 0. The Bertz CT molecular complexity index is 486. The maximum absolute atomic E-state index is 11.8. The molecule has 0 aromatic heterocycles. The van der Waals surface area contributed by atoms with E-state index in [0.717, 1.165) is 5.56 Å². The molecule has 2 amide bonds. The fraction of sp³-hybridized carbons (Fsp3) is 0.357. The van der Waals surface area contributed by atoms with Crippen LogP contribution in [0.4, 0.5) is 0 Å². The fourth-order valence-electron chi connectivity index (χ4n) is 1.63. The van der Waals surface area contributed by atoms with Gasteiger partial charge in [0.1, 0.15) is 0 Å². The van der Waals surface area contributed by atoms with Gasteiger partial charge in [-0.2, -0.15) is 0 Å². The van der Waals surface area contributed by atoms with Crippen molar-refractivity contribution in [3.05, 3.63) is 35.4 Å². The zero-order valence-electron chi connectivity index (χ0n) is 11.4. The summed E-state index contributed by atoms with van der Waals surface area (Å²) in [5.41, 5.74) is 7.04. The van der Waals surface area contributed by atoms with Gasteiger partial charge in [0, 0.05) is 32.0 Å². The summed E-state index contributed by atoms with van der Waals surface area (Å²) >= 11 is 4.83. The lowest BCUT2D eigenvalue weighted by Crippen LogP contribution is -2.28. The van der Waals surface area contributed by atoms with Crippen molar-refractivity contribution in [1.29, 1.82) is 0 Å². The highest BCUT2D eigenvalue weighted by Crippen LogP contribution is 2.05. The highest BCUT2D eigenvalue weighted by molar-refractivity contribution is 7.80. The van der Waals surface area contributed by atoms with E-state index >= 15 is 0 Å². The first-order valence-corrected chi connectivity index (χ1v) is 6.79. The molecule has 5 nitrogen and oxygen atoms in total. The van der Waals surface area contributed by atoms with Crippen molar-refractivity contribution in [3.8, 4) is 0 Å². The first-order chi connectivity index (χ1) is 9.49. The van der Waals surface area contributed by atoms with Crippen LogP contribution in [0.2, 0.25) is 0 Å². The maximum Gasteiger partial charge on any atom is 0.251 e. The molecule has 20 heavy (non-hydrogen) atoms. The number of hydrogen-bond acceptors (Lipinski definition) is 3. The minimum Gasteiger partial charge on any atom is -0.393 e. The van der Waals surface area contributed by atoms with E-state index in [1.54, 1.807) is 12.1 Å². The lowest BCUT2D eigenvalue weighted by molar-refractivity contribution is -0.118. The summed E-state index contributed by atoms with van der Waals surface area (Å²) in [5.74, 6) is -0.195. The Kier molecular flexibility index (Phi) is 6.66. The van der Waals surface area contributed by atoms with Crippen LogP contribution in [0.3, 0.4) is 0 Å². The molecule has 0 unspecified atom stereocenters. The molecule has 0 radical (unpaired) electrons. The molecule has 0 aliphatic carbocycles. The van der Waals surface area contributed by atoms with Gasteiger partial charge in [0.15, 0.2) is 0 Å². The molecule has 0 aliphatic rings. The van der Waals surface area contributed by atoms with Crippen LogP contribution >= 0.6 is 12.2 Å². The molecule has 108 valence electrons. The first kappa shape index (κ1) is 16.1. The predicted octanol–water partition coefficient (Wildman–Crippen LogP) is 0.771. The van der Waals surface area contributed by atoms with Crippen LogP contribution in [0.5, 0.6) is 0 Å². The van der Waals surface area contributed by atoms with E-state index in [1.807, 2.05) is 12.1 Å². The normalized spacial score (nSPS) is 9.85. The van der Waals surface area contributed by atoms with E-state index in [4.69, 9.17) is 18.0 Å². The van der Waals surface area contributed by atoms with Crippen molar-refractivity contribution < 1.29 is 9.59 Å². The lowest BCUT2D eigenvalue weighted by atomic mass is 10.1. The molecule has 0 saturated carbocycles. The first-order valence-electron chi connectivity index (χ1n) is 6.39. The van der Waals surface area contributed by atoms with Gasteiger partial charge >= 0.3 is 0 Å². The molecule has 0 aliphatic heterocycles. The summed E-state index contributed by atoms with van der Waals surface area (Å²) in [4.78, 5) is 22.9. The zero-order chi connectivity index (χ0) is 15.0. The summed E-state index contributed by atoms with van der Waals surface area (Å²) in [6, 6.07) is 7.17. The van der Waals surface area contributed by atoms with E-state index in [-0.39, 0.29) is 11.8 Å². The molecular weight excluding hydrogens is 274 g/mol. The Morgan fingerprint density at radius 1 is 1.15 bits per heavy atom. The second-order valence-electron chi connectivity index (χ2n) is 4.43. The van der Waals surface area contributed by atoms with Gasteiger partial charge in [0.2, 0.25) is 5.91 Å². The lowest BCUT2D eigenvalue weighted by Gasteiger charge is -2.06. The Hall–Kier alpha value is -1.95. The molecule has 0 spiro atoms. The Balaban J connectivity index is 2.36. The topological polar surface area (TPSA) is 84.2 Å². The third-order valence-corrected chi connectivity index (χ3v) is 2.75. The number of hydrogen-bond donors (Lipinski definition) is 3. The van der Waals surface area contributed by atoms with E-state index in [0.29, 0.717) is 36.5 Å². The third kappa shape index (κ3) is 6.29. The summed E-state index contributed by atoms with van der Waals surface area (Å²) in [5, 5.41) is 5.46. The maximum atomic E-state index is 11.8. The number of amides is 2. The Morgan fingerprint density at radius 3 is 2.30 bits per heavy atom. The molecule has 4 N–H and O–H groups in total. The number of thiocarbonyl (C=S) groups is 1. The molecular formula is C14H19N3O2S. The van der Waals surface area contributed by atoms with Gasteiger partial charge in [-0.05, 0) is 24.1 Å².